The Labute approximate surface area is 180 Å². The standard InChI is InChI=1S/C21H24FN3O5S/c1-30-18-11-8-15(13-19(18)31(28,29)25-17-4-2-3-5-17)21(27)24-23-20(26)12-14-6-9-16(22)10-7-14/h6-11,13,17,25H,2-5,12H2,1H3,(H,23,26)(H,24,27). The normalized spacial score (nSPS) is 14.3. The van der Waals surface area contributed by atoms with Crippen molar-refractivity contribution < 1.29 is 27.1 Å². The van der Waals surface area contributed by atoms with Crippen LogP contribution in [0.3, 0.4) is 0 Å². The Hall–Kier alpha value is -2.98. The number of carbonyl (C=O) groups excluding carboxylic acids is 2. The minimum absolute atomic E-state index is 0.0367. The Bertz CT molecular complexity index is 1050. The van der Waals surface area contributed by atoms with Crippen LogP contribution in [-0.2, 0) is 21.2 Å². The summed E-state index contributed by atoms with van der Waals surface area (Å²) in [4.78, 5) is 24.3. The molecular formula is C21H24FN3O5S. The van der Waals surface area contributed by atoms with Crippen molar-refractivity contribution in [3.8, 4) is 5.75 Å². The van der Waals surface area contributed by atoms with E-state index in [9.17, 15) is 22.4 Å². The molecule has 0 spiro atoms. The molecule has 1 aliphatic rings. The van der Waals surface area contributed by atoms with Crippen LogP contribution in [0, 0.1) is 5.82 Å². The molecule has 166 valence electrons. The first-order valence-corrected chi connectivity index (χ1v) is 11.3. The SMILES string of the molecule is COc1ccc(C(=O)NNC(=O)Cc2ccc(F)cc2)cc1S(=O)(=O)NC1CCCC1. The summed E-state index contributed by atoms with van der Waals surface area (Å²) in [5, 5.41) is 0. The van der Waals surface area contributed by atoms with E-state index < -0.39 is 27.7 Å². The van der Waals surface area contributed by atoms with E-state index in [1.807, 2.05) is 0 Å². The molecule has 3 N–H and O–H groups in total. The van der Waals surface area contributed by atoms with Crippen LogP contribution in [0.4, 0.5) is 4.39 Å². The van der Waals surface area contributed by atoms with Gasteiger partial charge in [0, 0.05) is 11.6 Å². The first kappa shape index (κ1) is 22.7. The summed E-state index contributed by atoms with van der Waals surface area (Å²) in [6, 6.07) is 9.26. The number of carbonyl (C=O) groups is 2. The zero-order valence-electron chi connectivity index (χ0n) is 17.0. The quantitative estimate of drug-likeness (QED) is 0.560. The van der Waals surface area contributed by atoms with Crippen molar-refractivity contribution >= 4 is 21.8 Å². The molecule has 0 atom stereocenters. The fourth-order valence-electron chi connectivity index (χ4n) is 3.39. The fraction of sp³-hybridized carbons (Fsp3) is 0.333. The Morgan fingerprint density at radius 1 is 1.06 bits per heavy atom. The highest BCUT2D eigenvalue weighted by Gasteiger charge is 2.26. The first-order valence-electron chi connectivity index (χ1n) is 9.82. The highest BCUT2D eigenvalue weighted by molar-refractivity contribution is 7.89. The molecule has 8 nitrogen and oxygen atoms in total. The van der Waals surface area contributed by atoms with Crippen LogP contribution in [0.2, 0.25) is 0 Å². The van der Waals surface area contributed by atoms with E-state index in [4.69, 9.17) is 4.74 Å². The lowest BCUT2D eigenvalue weighted by molar-refractivity contribution is -0.121. The number of sulfonamides is 1. The average molecular weight is 450 g/mol. The van der Waals surface area contributed by atoms with Crippen LogP contribution in [0.1, 0.15) is 41.6 Å². The van der Waals surface area contributed by atoms with Crippen LogP contribution in [0.5, 0.6) is 5.75 Å². The van der Waals surface area contributed by atoms with E-state index >= 15 is 0 Å². The molecule has 31 heavy (non-hydrogen) atoms. The second-order valence-electron chi connectivity index (χ2n) is 7.27. The Morgan fingerprint density at radius 3 is 2.39 bits per heavy atom. The molecule has 0 aromatic heterocycles. The predicted octanol–water partition coefficient (Wildman–Crippen LogP) is 2.06. The van der Waals surface area contributed by atoms with Crippen LogP contribution in [-0.4, -0.2) is 33.4 Å². The van der Waals surface area contributed by atoms with Gasteiger partial charge < -0.3 is 4.74 Å². The average Bonchev–Trinajstić information content (AvgIpc) is 3.25. The molecule has 0 unspecified atom stereocenters. The zero-order valence-corrected chi connectivity index (χ0v) is 17.8. The van der Waals surface area contributed by atoms with E-state index in [1.54, 1.807) is 0 Å². The van der Waals surface area contributed by atoms with Crippen molar-refractivity contribution in [3.63, 3.8) is 0 Å². The number of nitrogens with one attached hydrogen (secondary N) is 3. The van der Waals surface area contributed by atoms with Crippen molar-refractivity contribution in [3.05, 3.63) is 59.4 Å². The molecule has 0 heterocycles. The summed E-state index contributed by atoms with van der Waals surface area (Å²) in [5.74, 6) is -1.50. The Morgan fingerprint density at radius 2 is 1.74 bits per heavy atom. The van der Waals surface area contributed by atoms with E-state index in [-0.39, 0.29) is 28.7 Å². The van der Waals surface area contributed by atoms with Gasteiger partial charge in [0.1, 0.15) is 16.5 Å². The van der Waals surface area contributed by atoms with Crippen molar-refractivity contribution in [2.75, 3.05) is 7.11 Å². The van der Waals surface area contributed by atoms with Crippen LogP contribution in [0.25, 0.3) is 0 Å². The monoisotopic (exact) mass is 449 g/mol. The van der Waals surface area contributed by atoms with Gasteiger partial charge in [-0.05, 0) is 48.7 Å². The van der Waals surface area contributed by atoms with E-state index in [0.717, 1.165) is 25.7 Å². The largest absolute Gasteiger partial charge is 0.495 e. The van der Waals surface area contributed by atoms with Crippen molar-refractivity contribution in [2.45, 2.75) is 43.0 Å². The second-order valence-corrected chi connectivity index (χ2v) is 8.96. The first-order chi connectivity index (χ1) is 14.8. The number of hydrazine groups is 1. The van der Waals surface area contributed by atoms with Crippen LogP contribution < -0.4 is 20.3 Å². The Balaban J connectivity index is 1.67. The van der Waals surface area contributed by atoms with E-state index in [1.165, 1.54) is 49.6 Å². The summed E-state index contributed by atoms with van der Waals surface area (Å²) in [6.45, 7) is 0. The summed E-state index contributed by atoms with van der Waals surface area (Å²) in [7, 11) is -2.54. The molecule has 0 saturated heterocycles. The molecule has 3 rings (SSSR count). The number of hydrogen-bond donors (Lipinski definition) is 3. The highest BCUT2D eigenvalue weighted by Crippen LogP contribution is 2.27. The number of benzene rings is 2. The molecular weight excluding hydrogens is 425 g/mol. The highest BCUT2D eigenvalue weighted by atomic mass is 32.2. The maximum Gasteiger partial charge on any atom is 0.269 e. The third-order valence-electron chi connectivity index (χ3n) is 4.99. The van der Waals surface area contributed by atoms with Gasteiger partial charge in [0.2, 0.25) is 15.9 Å². The lowest BCUT2D eigenvalue weighted by Gasteiger charge is -2.16. The number of methoxy groups -OCH3 is 1. The lowest BCUT2D eigenvalue weighted by atomic mass is 10.1. The predicted molar refractivity (Wildman–Crippen MR) is 111 cm³/mol. The maximum atomic E-state index is 12.9. The third-order valence-corrected chi connectivity index (χ3v) is 6.53. The minimum Gasteiger partial charge on any atom is -0.495 e. The molecule has 2 aromatic rings. The van der Waals surface area contributed by atoms with Gasteiger partial charge in [-0.2, -0.15) is 0 Å². The molecule has 2 aromatic carbocycles. The molecule has 2 amide bonds. The van der Waals surface area contributed by atoms with Gasteiger partial charge >= 0.3 is 0 Å². The molecule has 0 aliphatic heterocycles. The number of halogens is 1. The number of rotatable bonds is 7. The van der Waals surface area contributed by atoms with Gasteiger partial charge in [0.25, 0.3) is 5.91 Å². The summed E-state index contributed by atoms with van der Waals surface area (Å²) >= 11 is 0. The third kappa shape index (κ3) is 6.02. The van der Waals surface area contributed by atoms with Gasteiger partial charge in [0.05, 0.1) is 13.5 Å². The van der Waals surface area contributed by atoms with Crippen molar-refractivity contribution in [2.24, 2.45) is 0 Å². The van der Waals surface area contributed by atoms with Crippen molar-refractivity contribution in [1.82, 2.24) is 15.6 Å². The van der Waals surface area contributed by atoms with Gasteiger partial charge in [-0.1, -0.05) is 25.0 Å². The minimum atomic E-state index is -3.89. The zero-order chi connectivity index (χ0) is 22.4. The number of ether oxygens (including phenoxy) is 1. The van der Waals surface area contributed by atoms with Gasteiger partial charge in [-0.3, -0.25) is 20.4 Å². The fourth-order valence-corrected chi connectivity index (χ4v) is 4.88. The van der Waals surface area contributed by atoms with E-state index in [2.05, 4.69) is 15.6 Å². The molecule has 10 heteroatoms. The van der Waals surface area contributed by atoms with Crippen molar-refractivity contribution in [1.29, 1.82) is 0 Å². The van der Waals surface area contributed by atoms with Crippen LogP contribution in [0.15, 0.2) is 47.4 Å². The Kier molecular flexibility index (Phi) is 7.24. The second kappa shape index (κ2) is 9.88. The molecule has 0 bridgehead atoms. The smallest absolute Gasteiger partial charge is 0.269 e. The van der Waals surface area contributed by atoms with E-state index in [0.29, 0.717) is 5.56 Å². The summed E-state index contributed by atoms with van der Waals surface area (Å²) < 4.78 is 46.4. The number of hydrogen-bond acceptors (Lipinski definition) is 5. The summed E-state index contributed by atoms with van der Waals surface area (Å²) in [6.07, 6.45) is 3.40. The maximum absolute atomic E-state index is 12.9. The van der Waals surface area contributed by atoms with Crippen LogP contribution >= 0.6 is 0 Å². The van der Waals surface area contributed by atoms with Gasteiger partial charge in [0.15, 0.2) is 0 Å². The summed E-state index contributed by atoms with van der Waals surface area (Å²) in [5.41, 5.74) is 5.12. The molecule has 1 saturated carbocycles. The molecule has 1 fully saturated rings. The topological polar surface area (TPSA) is 114 Å². The van der Waals surface area contributed by atoms with Gasteiger partial charge in [-0.15, -0.1) is 0 Å². The molecule has 1 aliphatic carbocycles. The molecule has 0 radical (unpaired) electrons. The lowest BCUT2D eigenvalue weighted by Crippen LogP contribution is -2.42. The number of amides is 2. The van der Waals surface area contributed by atoms with Gasteiger partial charge in [-0.25, -0.2) is 17.5 Å².